The van der Waals surface area contributed by atoms with E-state index in [1.807, 2.05) is 7.05 Å². The molecule has 0 saturated carbocycles. The molecule has 0 unspecified atom stereocenters. The van der Waals surface area contributed by atoms with Gasteiger partial charge in [0, 0.05) is 12.7 Å². The van der Waals surface area contributed by atoms with E-state index in [-0.39, 0.29) is 30.5 Å². The van der Waals surface area contributed by atoms with Crippen molar-refractivity contribution in [3.8, 4) is 0 Å². The third-order valence-electron chi connectivity index (χ3n) is 6.20. The number of unbranched alkanes of at least 4 members (excludes halogenated alkanes) is 7. The van der Waals surface area contributed by atoms with Crippen LogP contribution in [0.1, 0.15) is 83.3 Å². The van der Waals surface area contributed by atoms with Gasteiger partial charge in [-0.15, -0.1) is 0 Å². The molecule has 2 N–H and O–H groups in total. The number of aryl methyl sites for hydroxylation is 1. The highest BCUT2D eigenvalue weighted by Crippen LogP contribution is 2.29. The number of carbonyl (C=O) groups excluding carboxylic acids is 1. The number of likely N-dealkylation sites (N-methyl/N-ethyl adjacent to an activating group) is 1. The zero-order valence-corrected chi connectivity index (χ0v) is 19.0. The SMILES string of the molecule is CCCCCCCCCCc1ccc2c(c1)N(C)[C@@H](C(C)C)C(=O)N[C@@H](CO)C2. The number of amides is 1. The molecule has 164 valence electrons. The van der Waals surface area contributed by atoms with Gasteiger partial charge in [0.15, 0.2) is 0 Å². The Bertz CT molecular complexity index is 629. The van der Waals surface area contributed by atoms with Gasteiger partial charge in [-0.2, -0.15) is 0 Å². The summed E-state index contributed by atoms with van der Waals surface area (Å²) in [5.74, 6) is 0.210. The third kappa shape index (κ3) is 7.02. The summed E-state index contributed by atoms with van der Waals surface area (Å²) in [4.78, 5) is 14.9. The topological polar surface area (TPSA) is 52.6 Å². The van der Waals surface area contributed by atoms with Crippen LogP contribution in [0, 0.1) is 5.92 Å². The van der Waals surface area contributed by atoms with E-state index in [1.54, 1.807) is 0 Å². The van der Waals surface area contributed by atoms with E-state index in [2.05, 4.69) is 49.2 Å². The first-order valence-electron chi connectivity index (χ1n) is 11.7. The van der Waals surface area contributed by atoms with Crippen molar-refractivity contribution in [1.29, 1.82) is 0 Å². The smallest absolute Gasteiger partial charge is 0.243 e. The maximum absolute atomic E-state index is 12.8. The molecule has 0 spiro atoms. The first-order chi connectivity index (χ1) is 14.0. The van der Waals surface area contributed by atoms with Gasteiger partial charge in [-0.1, -0.05) is 77.8 Å². The second-order valence-electron chi connectivity index (χ2n) is 9.08. The second-order valence-corrected chi connectivity index (χ2v) is 9.08. The molecule has 1 aromatic rings. The number of fused-ring (bicyclic) bond motifs is 1. The highest BCUT2D eigenvalue weighted by molar-refractivity contribution is 5.86. The first kappa shape index (κ1) is 23.7. The number of nitrogens with zero attached hydrogens (tertiary/aromatic N) is 1. The minimum Gasteiger partial charge on any atom is -0.394 e. The van der Waals surface area contributed by atoms with Gasteiger partial charge in [0.05, 0.1) is 12.6 Å². The van der Waals surface area contributed by atoms with Gasteiger partial charge in [-0.05, 0) is 42.4 Å². The molecule has 2 atom stereocenters. The fourth-order valence-electron chi connectivity index (χ4n) is 4.52. The van der Waals surface area contributed by atoms with Gasteiger partial charge in [-0.3, -0.25) is 4.79 Å². The van der Waals surface area contributed by atoms with Crippen LogP contribution in [0.4, 0.5) is 5.69 Å². The monoisotopic (exact) mass is 402 g/mol. The predicted molar refractivity (Wildman–Crippen MR) is 123 cm³/mol. The van der Waals surface area contributed by atoms with Crippen LogP contribution in [-0.4, -0.2) is 36.8 Å². The Labute approximate surface area is 178 Å². The summed E-state index contributed by atoms with van der Waals surface area (Å²) < 4.78 is 0. The predicted octanol–water partition coefficient (Wildman–Crippen LogP) is 4.86. The normalized spacial score (nSPS) is 19.7. The van der Waals surface area contributed by atoms with Crippen molar-refractivity contribution in [2.45, 2.75) is 97.1 Å². The summed E-state index contributed by atoms with van der Waals surface area (Å²) >= 11 is 0. The Balaban J connectivity index is 2.02. The Hall–Kier alpha value is -1.55. The zero-order chi connectivity index (χ0) is 21.2. The van der Waals surface area contributed by atoms with Crippen LogP contribution in [0.15, 0.2) is 18.2 Å². The van der Waals surface area contributed by atoms with Gasteiger partial charge < -0.3 is 15.3 Å². The summed E-state index contributed by atoms with van der Waals surface area (Å²) in [6.07, 6.45) is 12.4. The highest BCUT2D eigenvalue weighted by Gasteiger charge is 2.32. The molecule has 0 fully saturated rings. The van der Waals surface area contributed by atoms with Crippen molar-refractivity contribution < 1.29 is 9.90 Å². The van der Waals surface area contributed by atoms with E-state index in [4.69, 9.17) is 0 Å². The van der Waals surface area contributed by atoms with Gasteiger partial charge in [0.25, 0.3) is 0 Å². The van der Waals surface area contributed by atoms with Crippen molar-refractivity contribution in [2.75, 3.05) is 18.6 Å². The highest BCUT2D eigenvalue weighted by atomic mass is 16.3. The van der Waals surface area contributed by atoms with Crippen molar-refractivity contribution >= 4 is 11.6 Å². The summed E-state index contributed by atoms with van der Waals surface area (Å²) in [6.45, 7) is 6.40. The molecule has 0 aliphatic carbocycles. The number of carbonyl (C=O) groups is 1. The number of benzene rings is 1. The van der Waals surface area contributed by atoms with Crippen LogP contribution < -0.4 is 10.2 Å². The molecule has 0 bridgehead atoms. The first-order valence-corrected chi connectivity index (χ1v) is 11.7. The minimum absolute atomic E-state index is 0.0145. The molecule has 2 rings (SSSR count). The van der Waals surface area contributed by atoms with Gasteiger partial charge in [0.2, 0.25) is 5.91 Å². The molecule has 1 aromatic carbocycles. The molecule has 4 nitrogen and oxygen atoms in total. The number of hydrogen-bond acceptors (Lipinski definition) is 3. The fourth-order valence-corrected chi connectivity index (χ4v) is 4.52. The molecule has 0 radical (unpaired) electrons. The van der Waals surface area contributed by atoms with E-state index in [1.165, 1.54) is 62.5 Å². The molecule has 1 amide bonds. The lowest BCUT2D eigenvalue weighted by Gasteiger charge is -2.37. The van der Waals surface area contributed by atoms with E-state index in [0.717, 1.165) is 12.1 Å². The Morgan fingerprint density at radius 1 is 1.10 bits per heavy atom. The lowest BCUT2D eigenvalue weighted by Crippen LogP contribution is -2.54. The number of hydrogen-bond donors (Lipinski definition) is 2. The second kappa shape index (κ2) is 12.2. The molecule has 1 aliphatic heterocycles. The maximum atomic E-state index is 12.8. The average molecular weight is 403 g/mol. The lowest BCUT2D eigenvalue weighted by atomic mass is 9.93. The standard InChI is InChI=1S/C25H42N2O2/c1-5-6-7-8-9-10-11-12-13-20-14-15-21-17-22(18-28)26-25(29)24(19(2)3)27(4)23(21)16-20/h14-16,19,22,24,28H,5-13,17-18H2,1-4H3,(H,26,29)/t22-,24+/m1/s1. The molecule has 0 saturated heterocycles. The zero-order valence-electron chi connectivity index (χ0n) is 19.0. The fraction of sp³-hybridized carbons (Fsp3) is 0.720. The van der Waals surface area contributed by atoms with Crippen LogP contribution in [0.25, 0.3) is 0 Å². The average Bonchev–Trinajstić information content (AvgIpc) is 2.69. The molecular weight excluding hydrogens is 360 g/mol. The Morgan fingerprint density at radius 3 is 2.38 bits per heavy atom. The van der Waals surface area contributed by atoms with E-state index in [0.29, 0.717) is 6.42 Å². The summed E-state index contributed by atoms with van der Waals surface area (Å²) in [5.41, 5.74) is 3.71. The quantitative estimate of drug-likeness (QED) is 0.520. The molecule has 29 heavy (non-hydrogen) atoms. The van der Waals surface area contributed by atoms with Gasteiger partial charge in [-0.25, -0.2) is 0 Å². The Kier molecular flexibility index (Phi) is 9.99. The van der Waals surface area contributed by atoms with Crippen LogP contribution >= 0.6 is 0 Å². The summed E-state index contributed by atoms with van der Waals surface area (Å²) in [5, 5.41) is 12.7. The van der Waals surface area contributed by atoms with E-state index in [9.17, 15) is 9.90 Å². The lowest BCUT2D eigenvalue weighted by molar-refractivity contribution is -0.124. The minimum atomic E-state index is -0.221. The van der Waals surface area contributed by atoms with E-state index < -0.39 is 0 Å². The van der Waals surface area contributed by atoms with Gasteiger partial charge >= 0.3 is 0 Å². The van der Waals surface area contributed by atoms with Crippen molar-refractivity contribution in [1.82, 2.24) is 5.32 Å². The molecular formula is C25H42N2O2. The van der Waals surface area contributed by atoms with Crippen LogP contribution in [0.2, 0.25) is 0 Å². The van der Waals surface area contributed by atoms with Crippen LogP contribution in [0.5, 0.6) is 0 Å². The van der Waals surface area contributed by atoms with Crippen molar-refractivity contribution in [3.05, 3.63) is 29.3 Å². The largest absolute Gasteiger partial charge is 0.394 e. The molecule has 4 heteroatoms. The maximum Gasteiger partial charge on any atom is 0.243 e. The van der Waals surface area contributed by atoms with Crippen LogP contribution in [-0.2, 0) is 17.6 Å². The summed E-state index contributed by atoms with van der Waals surface area (Å²) in [6, 6.07) is 6.27. The number of aliphatic hydroxyl groups excluding tert-OH is 1. The van der Waals surface area contributed by atoms with Crippen molar-refractivity contribution in [2.24, 2.45) is 5.92 Å². The number of rotatable bonds is 11. The molecule has 1 heterocycles. The Morgan fingerprint density at radius 2 is 1.76 bits per heavy atom. The van der Waals surface area contributed by atoms with Crippen LogP contribution in [0.3, 0.4) is 0 Å². The number of aliphatic hydroxyl groups is 1. The summed E-state index contributed by atoms with van der Waals surface area (Å²) in [7, 11) is 2.03. The van der Waals surface area contributed by atoms with E-state index >= 15 is 0 Å². The number of nitrogens with one attached hydrogen (secondary N) is 1. The third-order valence-corrected chi connectivity index (χ3v) is 6.20. The molecule has 0 aromatic heterocycles. The number of anilines is 1. The van der Waals surface area contributed by atoms with Crippen molar-refractivity contribution in [3.63, 3.8) is 0 Å². The molecule has 1 aliphatic rings. The van der Waals surface area contributed by atoms with Gasteiger partial charge in [0.1, 0.15) is 6.04 Å².